The molecule has 0 bridgehead atoms. The maximum atomic E-state index is 10.8. The van der Waals surface area contributed by atoms with E-state index in [1.54, 1.807) is 0 Å². The molecule has 0 saturated carbocycles. The maximum absolute atomic E-state index is 10.8. The van der Waals surface area contributed by atoms with Gasteiger partial charge in [0.2, 0.25) is 0 Å². The van der Waals surface area contributed by atoms with Crippen molar-refractivity contribution in [2.45, 2.75) is 0 Å². The van der Waals surface area contributed by atoms with Gasteiger partial charge >= 0.3 is 0 Å². The highest BCUT2D eigenvalue weighted by Crippen LogP contribution is 2.38. The summed E-state index contributed by atoms with van der Waals surface area (Å²) in [7, 11) is 0. The second-order valence-corrected chi connectivity index (χ2v) is 3.81. The second-order valence-electron chi connectivity index (χ2n) is 2.61. The van der Waals surface area contributed by atoms with Gasteiger partial charge in [0.05, 0.1) is 20.6 Å². The standard InChI is InChI=1S/C10H7Cl3O2/c1-2-3-15-10-6(5-14)9(13)7(11)4-8(10)12/h2,4-5H,1,3H2. The molecule has 1 aromatic carbocycles. The van der Waals surface area contributed by atoms with Crippen LogP contribution in [0.1, 0.15) is 10.4 Å². The Morgan fingerprint density at radius 2 is 2.00 bits per heavy atom. The van der Waals surface area contributed by atoms with E-state index in [2.05, 4.69) is 6.58 Å². The molecule has 2 nitrogen and oxygen atoms in total. The van der Waals surface area contributed by atoms with E-state index >= 15 is 0 Å². The molecule has 1 aromatic rings. The molecule has 0 amide bonds. The second kappa shape index (κ2) is 5.40. The third-order valence-corrected chi connectivity index (χ3v) is 2.71. The lowest BCUT2D eigenvalue weighted by Gasteiger charge is -2.10. The lowest BCUT2D eigenvalue weighted by molar-refractivity contribution is 0.112. The third kappa shape index (κ3) is 2.65. The van der Waals surface area contributed by atoms with Gasteiger partial charge in [0.15, 0.2) is 6.29 Å². The normalized spacial score (nSPS) is 9.80. The van der Waals surface area contributed by atoms with Crippen LogP contribution >= 0.6 is 34.8 Å². The summed E-state index contributed by atoms with van der Waals surface area (Å²) in [4.78, 5) is 10.8. The molecule has 1 rings (SSSR count). The Bertz CT molecular complexity index is 402. The number of carbonyl (C=O) groups excluding carboxylic acids is 1. The minimum atomic E-state index is 0.134. The molecule has 0 aliphatic heterocycles. The van der Waals surface area contributed by atoms with E-state index in [1.165, 1.54) is 12.1 Å². The van der Waals surface area contributed by atoms with Crippen LogP contribution in [0.2, 0.25) is 15.1 Å². The molecular weight excluding hydrogens is 258 g/mol. The minimum absolute atomic E-state index is 0.134. The lowest BCUT2D eigenvalue weighted by Crippen LogP contribution is -1.99. The van der Waals surface area contributed by atoms with E-state index in [-0.39, 0.29) is 33.0 Å². The highest BCUT2D eigenvalue weighted by molar-refractivity contribution is 6.45. The van der Waals surface area contributed by atoms with E-state index in [0.717, 1.165) is 0 Å². The minimum Gasteiger partial charge on any atom is -0.487 e. The average molecular weight is 266 g/mol. The molecule has 0 aliphatic rings. The maximum Gasteiger partial charge on any atom is 0.155 e. The van der Waals surface area contributed by atoms with Crippen molar-refractivity contribution in [3.8, 4) is 5.75 Å². The Hall–Kier alpha value is -0.700. The van der Waals surface area contributed by atoms with Crippen molar-refractivity contribution in [1.82, 2.24) is 0 Å². The molecule has 0 aromatic heterocycles. The van der Waals surface area contributed by atoms with Crippen molar-refractivity contribution < 1.29 is 9.53 Å². The van der Waals surface area contributed by atoms with E-state index in [0.29, 0.717) is 6.29 Å². The summed E-state index contributed by atoms with van der Waals surface area (Å²) in [6.45, 7) is 3.72. The fourth-order valence-corrected chi connectivity index (χ4v) is 1.71. The molecule has 80 valence electrons. The van der Waals surface area contributed by atoms with Gasteiger partial charge < -0.3 is 4.74 Å². The summed E-state index contributed by atoms with van der Waals surface area (Å²) in [6, 6.07) is 1.43. The fourth-order valence-electron chi connectivity index (χ4n) is 0.991. The van der Waals surface area contributed by atoms with Crippen molar-refractivity contribution >= 4 is 41.1 Å². The average Bonchev–Trinajstić information content (AvgIpc) is 2.21. The smallest absolute Gasteiger partial charge is 0.155 e. The molecule has 0 radical (unpaired) electrons. The molecule has 0 fully saturated rings. The summed E-state index contributed by atoms with van der Waals surface area (Å²) in [6.07, 6.45) is 2.09. The molecule has 0 atom stereocenters. The first kappa shape index (κ1) is 12.4. The zero-order valence-electron chi connectivity index (χ0n) is 7.60. The number of rotatable bonds is 4. The van der Waals surface area contributed by atoms with E-state index in [1.807, 2.05) is 0 Å². The molecule has 0 saturated heterocycles. The number of ether oxygens (including phenoxy) is 1. The first-order valence-corrected chi connectivity index (χ1v) is 5.11. The topological polar surface area (TPSA) is 26.3 Å². The number of aldehydes is 1. The number of hydrogen-bond donors (Lipinski definition) is 0. The lowest BCUT2D eigenvalue weighted by atomic mass is 10.2. The summed E-state index contributed by atoms with van der Waals surface area (Å²) in [5.74, 6) is 0.223. The zero-order valence-corrected chi connectivity index (χ0v) is 9.86. The van der Waals surface area contributed by atoms with Crippen LogP contribution in [0.3, 0.4) is 0 Å². The molecule has 0 heterocycles. The van der Waals surface area contributed by atoms with Crippen molar-refractivity contribution in [2.75, 3.05) is 6.61 Å². The van der Waals surface area contributed by atoms with Crippen molar-refractivity contribution in [2.24, 2.45) is 0 Å². The van der Waals surface area contributed by atoms with Gasteiger partial charge in [-0.3, -0.25) is 4.79 Å². The predicted molar refractivity (Wildman–Crippen MR) is 62.6 cm³/mol. The summed E-state index contributed by atoms with van der Waals surface area (Å²) >= 11 is 17.4. The largest absolute Gasteiger partial charge is 0.487 e. The van der Waals surface area contributed by atoms with Gasteiger partial charge in [-0.25, -0.2) is 0 Å². The first-order valence-electron chi connectivity index (χ1n) is 3.98. The van der Waals surface area contributed by atoms with Crippen LogP contribution in [0, 0.1) is 0 Å². The number of halogens is 3. The van der Waals surface area contributed by atoms with Crippen molar-refractivity contribution in [3.05, 3.63) is 39.4 Å². The molecule has 0 unspecified atom stereocenters. The van der Waals surface area contributed by atoms with Crippen LogP contribution in [-0.4, -0.2) is 12.9 Å². The molecular formula is C10H7Cl3O2. The summed E-state index contributed by atoms with van der Waals surface area (Å²) in [5.41, 5.74) is 0.149. The zero-order chi connectivity index (χ0) is 11.4. The van der Waals surface area contributed by atoms with Crippen LogP contribution in [-0.2, 0) is 0 Å². The Morgan fingerprint density at radius 3 is 2.53 bits per heavy atom. The van der Waals surface area contributed by atoms with Gasteiger partial charge in [0.1, 0.15) is 12.4 Å². The summed E-state index contributed by atoms with van der Waals surface area (Å²) in [5, 5.41) is 0.596. The number of benzene rings is 1. The Labute approximate surface area is 102 Å². The molecule has 0 aliphatic carbocycles. The van der Waals surface area contributed by atoms with Crippen LogP contribution in [0.25, 0.3) is 0 Å². The van der Waals surface area contributed by atoms with Gasteiger partial charge in [-0.15, -0.1) is 0 Å². The van der Waals surface area contributed by atoms with E-state index in [9.17, 15) is 4.79 Å². The monoisotopic (exact) mass is 264 g/mol. The summed E-state index contributed by atoms with van der Waals surface area (Å²) < 4.78 is 5.22. The van der Waals surface area contributed by atoms with Crippen LogP contribution in [0.15, 0.2) is 18.7 Å². The van der Waals surface area contributed by atoms with Gasteiger partial charge in [0.25, 0.3) is 0 Å². The van der Waals surface area contributed by atoms with Crippen LogP contribution in [0.4, 0.5) is 0 Å². The Morgan fingerprint density at radius 1 is 1.33 bits per heavy atom. The molecule has 15 heavy (non-hydrogen) atoms. The highest BCUT2D eigenvalue weighted by Gasteiger charge is 2.15. The van der Waals surface area contributed by atoms with Crippen LogP contribution in [0.5, 0.6) is 5.75 Å². The molecule has 0 spiro atoms. The quantitative estimate of drug-likeness (QED) is 0.467. The molecule has 0 N–H and O–H groups in total. The SMILES string of the molecule is C=CCOc1c(Cl)cc(Cl)c(Cl)c1C=O. The van der Waals surface area contributed by atoms with E-state index < -0.39 is 0 Å². The van der Waals surface area contributed by atoms with E-state index in [4.69, 9.17) is 39.5 Å². The number of carbonyl (C=O) groups is 1. The van der Waals surface area contributed by atoms with Crippen molar-refractivity contribution in [1.29, 1.82) is 0 Å². The van der Waals surface area contributed by atoms with Gasteiger partial charge in [-0.05, 0) is 6.07 Å². The van der Waals surface area contributed by atoms with Crippen LogP contribution < -0.4 is 4.74 Å². The van der Waals surface area contributed by atoms with Gasteiger partial charge in [0, 0.05) is 0 Å². The highest BCUT2D eigenvalue weighted by atomic mass is 35.5. The Balaban J connectivity index is 3.28. The van der Waals surface area contributed by atoms with Gasteiger partial charge in [-0.2, -0.15) is 0 Å². The predicted octanol–water partition coefficient (Wildman–Crippen LogP) is 4.02. The third-order valence-electron chi connectivity index (χ3n) is 1.62. The Kier molecular flexibility index (Phi) is 4.45. The fraction of sp³-hybridized carbons (Fsp3) is 0.100. The van der Waals surface area contributed by atoms with Gasteiger partial charge in [-0.1, -0.05) is 47.5 Å². The van der Waals surface area contributed by atoms with Crippen molar-refractivity contribution in [3.63, 3.8) is 0 Å². The first-order chi connectivity index (χ1) is 7.11. The number of hydrogen-bond acceptors (Lipinski definition) is 2. The molecule has 5 heteroatoms.